The zero-order valence-corrected chi connectivity index (χ0v) is 15.8. The molecule has 3 rings (SSSR count). The number of nitrogens with zero attached hydrogens (tertiary/aromatic N) is 1. The fourth-order valence-electron chi connectivity index (χ4n) is 2.45. The van der Waals surface area contributed by atoms with Crippen LogP contribution in [-0.4, -0.2) is 19.3 Å². The lowest BCUT2D eigenvalue weighted by molar-refractivity contribution is 0.0951. The number of benzene rings is 2. The first kappa shape index (κ1) is 19.5. The molecule has 1 heterocycles. The standard InChI is InChI=1S/C20H18FN3O3S/c1-14-4-7-17(8-5-14)28(26,27)24-19-11-16(6-9-18(19)21)20(25)23-13-15-3-2-10-22-12-15/h2-12,24H,13H2,1H3,(H,23,25). The van der Waals surface area contributed by atoms with Crippen LogP contribution in [0, 0.1) is 12.7 Å². The van der Waals surface area contributed by atoms with E-state index in [0.29, 0.717) is 0 Å². The topological polar surface area (TPSA) is 88.2 Å². The Balaban J connectivity index is 1.77. The van der Waals surface area contributed by atoms with Crippen molar-refractivity contribution in [3.63, 3.8) is 0 Å². The van der Waals surface area contributed by atoms with Crippen LogP contribution < -0.4 is 10.0 Å². The highest BCUT2D eigenvalue weighted by Gasteiger charge is 2.18. The molecule has 0 fully saturated rings. The summed E-state index contributed by atoms with van der Waals surface area (Å²) >= 11 is 0. The van der Waals surface area contributed by atoms with Gasteiger partial charge in [0.1, 0.15) is 5.82 Å². The minimum absolute atomic E-state index is 0.00364. The first-order valence-electron chi connectivity index (χ1n) is 8.41. The lowest BCUT2D eigenvalue weighted by Gasteiger charge is -2.11. The van der Waals surface area contributed by atoms with Gasteiger partial charge in [0.25, 0.3) is 15.9 Å². The van der Waals surface area contributed by atoms with Gasteiger partial charge < -0.3 is 5.32 Å². The summed E-state index contributed by atoms with van der Waals surface area (Å²) in [6.07, 6.45) is 3.24. The number of halogens is 1. The SMILES string of the molecule is Cc1ccc(S(=O)(=O)Nc2cc(C(=O)NCc3cccnc3)ccc2F)cc1. The van der Waals surface area contributed by atoms with Gasteiger partial charge in [-0.25, -0.2) is 12.8 Å². The lowest BCUT2D eigenvalue weighted by atomic mass is 10.2. The predicted octanol–water partition coefficient (Wildman–Crippen LogP) is 3.26. The second-order valence-electron chi connectivity index (χ2n) is 6.16. The number of rotatable bonds is 6. The van der Waals surface area contributed by atoms with Crippen molar-refractivity contribution in [2.45, 2.75) is 18.4 Å². The molecule has 6 nitrogen and oxygen atoms in total. The Labute approximate surface area is 162 Å². The maximum absolute atomic E-state index is 14.1. The summed E-state index contributed by atoms with van der Waals surface area (Å²) in [5, 5.41) is 2.68. The van der Waals surface area contributed by atoms with Crippen molar-refractivity contribution in [1.82, 2.24) is 10.3 Å². The lowest BCUT2D eigenvalue weighted by Crippen LogP contribution is -2.23. The molecule has 0 saturated heterocycles. The number of hydrogen-bond acceptors (Lipinski definition) is 4. The molecule has 8 heteroatoms. The van der Waals surface area contributed by atoms with E-state index in [1.165, 1.54) is 24.3 Å². The molecule has 2 N–H and O–H groups in total. The van der Waals surface area contributed by atoms with Crippen molar-refractivity contribution in [2.24, 2.45) is 0 Å². The molecule has 1 aromatic heterocycles. The van der Waals surface area contributed by atoms with E-state index in [-0.39, 0.29) is 22.7 Å². The van der Waals surface area contributed by atoms with Crippen LogP contribution in [0.5, 0.6) is 0 Å². The van der Waals surface area contributed by atoms with E-state index in [1.54, 1.807) is 36.7 Å². The Kier molecular flexibility index (Phi) is 5.70. The van der Waals surface area contributed by atoms with Crippen molar-refractivity contribution in [3.8, 4) is 0 Å². The number of aromatic nitrogens is 1. The van der Waals surface area contributed by atoms with E-state index < -0.39 is 21.7 Å². The molecule has 144 valence electrons. The Bertz CT molecular complexity index is 1090. The molecule has 0 spiro atoms. The van der Waals surface area contributed by atoms with E-state index in [2.05, 4.69) is 15.0 Å². The summed E-state index contributed by atoms with van der Waals surface area (Å²) in [7, 11) is -3.98. The van der Waals surface area contributed by atoms with Crippen molar-refractivity contribution < 1.29 is 17.6 Å². The number of carbonyl (C=O) groups excluding carboxylic acids is 1. The van der Waals surface area contributed by atoms with Gasteiger partial charge in [-0.3, -0.25) is 14.5 Å². The Morgan fingerprint density at radius 1 is 1.11 bits per heavy atom. The molecule has 0 bridgehead atoms. The fourth-order valence-corrected chi connectivity index (χ4v) is 3.51. The fraction of sp³-hybridized carbons (Fsp3) is 0.100. The Morgan fingerprint density at radius 3 is 2.54 bits per heavy atom. The quantitative estimate of drug-likeness (QED) is 0.666. The third-order valence-electron chi connectivity index (χ3n) is 3.98. The molecule has 3 aromatic rings. The van der Waals surface area contributed by atoms with Crippen LogP contribution in [0.15, 0.2) is 71.9 Å². The van der Waals surface area contributed by atoms with Gasteiger partial charge in [0, 0.05) is 24.5 Å². The van der Waals surface area contributed by atoms with Gasteiger partial charge in [-0.05, 0) is 48.9 Å². The number of sulfonamides is 1. The highest BCUT2D eigenvalue weighted by Crippen LogP contribution is 2.21. The highest BCUT2D eigenvalue weighted by molar-refractivity contribution is 7.92. The molecule has 1 amide bonds. The molecule has 2 aromatic carbocycles. The molecule has 0 aliphatic heterocycles. The summed E-state index contributed by atoms with van der Waals surface area (Å²) in [4.78, 5) is 16.3. The molecule has 0 atom stereocenters. The average molecular weight is 399 g/mol. The average Bonchev–Trinajstić information content (AvgIpc) is 2.69. The molecule has 0 aliphatic rings. The second-order valence-corrected chi connectivity index (χ2v) is 7.84. The van der Waals surface area contributed by atoms with Crippen LogP contribution in [0.25, 0.3) is 0 Å². The molecule has 0 unspecified atom stereocenters. The largest absolute Gasteiger partial charge is 0.348 e. The maximum Gasteiger partial charge on any atom is 0.261 e. The number of pyridine rings is 1. The van der Waals surface area contributed by atoms with Crippen molar-refractivity contribution in [3.05, 3.63) is 89.5 Å². The van der Waals surface area contributed by atoms with E-state index >= 15 is 0 Å². The molecule has 0 aliphatic carbocycles. The van der Waals surface area contributed by atoms with Crippen LogP contribution in [0.3, 0.4) is 0 Å². The van der Waals surface area contributed by atoms with Crippen LogP contribution in [0.4, 0.5) is 10.1 Å². The number of anilines is 1. The minimum Gasteiger partial charge on any atom is -0.348 e. The zero-order chi connectivity index (χ0) is 20.1. The van der Waals surface area contributed by atoms with Crippen molar-refractivity contribution >= 4 is 21.6 Å². The first-order valence-corrected chi connectivity index (χ1v) is 9.89. The van der Waals surface area contributed by atoms with Gasteiger partial charge >= 0.3 is 0 Å². The van der Waals surface area contributed by atoms with Crippen LogP contribution in [0.1, 0.15) is 21.5 Å². The van der Waals surface area contributed by atoms with E-state index in [4.69, 9.17) is 0 Å². The Hall–Kier alpha value is -3.26. The van der Waals surface area contributed by atoms with Crippen molar-refractivity contribution in [1.29, 1.82) is 0 Å². The molecular formula is C20H18FN3O3S. The van der Waals surface area contributed by atoms with Crippen LogP contribution >= 0.6 is 0 Å². The number of aryl methyl sites for hydroxylation is 1. The van der Waals surface area contributed by atoms with Gasteiger partial charge in [-0.1, -0.05) is 23.8 Å². The summed E-state index contributed by atoms with van der Waals surface area (Å²) in [6, 6.07) is 13.2. The van der Waals surface area contributed by atoms with E-state index in [0.717, 1.165) is 17.2 Å². The van der Waals surface area contributed by atoms with E-state index in [1.807, 2.05) is 6.92 Å². The number of amides is 1. The summed E-state index contributed by atoms with van der Waals surface area (Å²) < 4.78 is 41.3. The monoisotopic (exact) mass is 399 g/mol. The summed E-state index contributed by atoms with van der Waals surface area (Å²) in [5.41, 5.74) is 1.54. The second kappa shape index (κ2) is 8.18. The molecular weight excluding hydrogens is 381 g/mol. The first-order chi connectivity index (χ1) is 13.3. The summed E-state index contributed by atoms with van der Waals surface area (Å²) in [6.45, 7) is 2.07. The van der Waals surface area contributed by atoms with Gasteiger partial charge in [-0.15, -0.1) is 0 Å². The third kappa shape index (κ3) is 4.72. The normalized spacial score (nSPS) is 11.1. The maximum atomic E-state index is 14.1. The van der Waals surface area contributed by atoms with Crippen molar-refractivity contribution in [2.75, 3.05) is 4.72 Å². The van der Waals surface area contributed by atoms with Gasteiger partial charge in [-0.2, -0.15) is 0 Å². The highest BCUT2D eigenvalue weighted by atomic mass is 32.2. The smallest absolute Gasteiger partial charge is 0.261 e. The third-order valence-corrected chi connectivity index (χ3v) is 5.36. The van der Waals surface area contributed by atoms with Gasteiger partial charge in [0.2, 0.25) is 0 Å². The van der Waals surface area contributed by atoms with Crippen LogP contribution in [-0.2, 0) is 16.6 Å². The zero-order valence-electron chi connectivity index (χ0n) is 15.0. The van der Waals surface area contributed by atoms with Crippen LogP contribution in [0.2, 0.25) is 0 Å². The molecule has 28 heavy (non-hydrogen) atoms. The van der Waals surface area contributed by atoms with Gasteiger partial charge in [0.15, 0.2) is 0 Å². The minimum atomic E-state index is -3.98. The number of hydrogen-bond donors (Lipinski definition) is 2. The number of carbonyl (C=O) groups is 1. The predicted molar refractivity (Wildman–Crippen MR) is 104 cm³/mol. The molecule has 0 radical (unpaired) electrons. The number of nitrogens with one attached hydrogen (secondary N) is 2. The Morgan fingerprint density at radius 2 is 1.86 bits per heavy atom. The summed E-state index contributed by atoms with van der Waals surface area (Å²) in [5.74, 6) is -1.24. The van der Waals surface area contributed by atoms with Gasteiger partial charge in [0.05, 0.1) is 10.6 Å². The van der Waals surface area contributed by atoms with E-state index in [9.17, 15) is 17.6 Å². The molecule has 0 saturated carbocycles.